The molecule has 1 atom stereocenters. The topological polar surface area (TPSA) is 44.0 Å². The SMILES string of the molecule is CC(O)c1ccc(C#N)cc1SC(C)(C)C. The van der Waals surface area contributed by atoms with Gasteiger partial charge in [-0.2, -0.15) is 5.26 Å². The van der Waals surface area contributed by atoms with E-state index >= 15 is 0 Å². The zero-order valence-corrected chi connectivity index (χ0v) is 10.9. The molecule has 0 heterocycles. The van der Waals surface area contributed by atoms with Gasteiger partial charge in [-0.15, -0.1) is 11.8 Å². The van der Waals surface area contributed by atoms with Crippen LogP contribution in [0.5, 0.6) is 0 Å². The Labute approximate surface area is 101 Å². The van der Waals surface area contributed by atoms with E-state index < -0.39 is 6.10 Å². The van der Waals surface area contributed by atoms with Crippen molar-refractivity contribution in [2.75, 3.05) is 0 Å². The smallest absolute Gasteiger partial charge is 0.0992 e. The summed E-state index contributed by atoms with van der Waals surface area (Å²) in [6.07, 6.45) is -0.502. The highest BCUT2D eigenvalue weighted by atomic mass is 32.2. The minimum absolute atomic E-state index is 0.0672. The number of nitriles is 1. The molecule has 0 saturated carbocycles. The largest absolute Gasteiger partial charge is 0.389 e. The van der Waals surface area contributed by atoms with Crippen LogP contribution in [0.25, 0.3) is 0 Å². The van der Waals surface area contributed by atoms with Gasteiger partial charge in [0, 0.05) is 9.64 Å². The monoisotopic (exact) mass is 235 g/mol. The molecular formula is C13H17NOS. The zero-order chi connectivity index (χ0) is 12.3. The molecule has 1 rings (SSSR count). The Kier molecular flexibility index (Phi) is 4.01. The maximum Gasteiger partial charge on any atom is 0.0992 e. The Bertz CT molecular complexity index is 413. The summed E-state index contributed by atoms with van der Waals surface area (Å²) in [4.78, 5) is 0.988. The van der Waals surface area contributed by atoms with Gasteiger partial charge >= 0.3 is 0 Å². The average Bonchev–Trinajstić information content (AvgIpc) is 2.14. The molecule has 86 valence electrons. The van der Waals surface area contributed by atoms with Crippen molar-refractivity contribution in [2.45, 2.75) is 43.4 Å². The van der Waals surface area contributed by atoms with E-state index in [2.05, 4.69) is 26.8 Å². The van der Waals surface area contributed by atoms with Crippen LogP contribution in [0.15, 0.2) is 23.1 Å². The zero-order valence-electron chi connectivity index (χ0n) is 10.1. The summed E-state index contributed by atoms with van der Waals surface area (Å²) >= 11 is 1.67. The molecule has 2 nitrogen and oxygen atoms in total. The molecule has 16 heavy (non-hydrogen) atoms. The van der Waals surface area contributed by atoms with Crippen LogP contribution in [0, 0.1) is 11.3 Å². The molecule has 0 aromatic heterocycles. The van der Waals surface area contributed by atoms with E-state index in [4.69, 9.17) is 5.26 Å². The van der Waals surface area contributed by atoms with Crippen LogP contribution in [-0.2, 0) is 0 Å². The highest BCUT2D eigenvalue weighted by Gasteiger charge is 2.17. The molecule has 0 radical (unpaired) electrons. The molecule has 1 aromatic carbocycles. The number of aliphatic hydroxyl groups excluding tert-OH is 1. The predicted molar refractivity (Wildman–Crippen MR) is 67.4 cm³/mol. The summed E-state index contributed by atoms with van der Waals surface area (Å²) in [7, 11) is 0. The van der Waals surface area contributed by atoms with Gasteiger partial charge in [0.05, 0.1) is 17.7 Å². The van der Waals surface area contributed by atoms with Crippen molar-refractivity contribution in [1.29, 1.82) is 5.26 Å². The van der Waals surface area contributed by atoms with Gasteiger partial charge in [-0.1, -0.05) is 26.8 Å². The molecule has 0 aliphatic rings. The standard InChI is InChI=1S/C13H17NOS/c1-9(15)11-6-5-10(8-14)7-12(11)16-13(2,3)4/h5-7,9,15H,1-4H3. The fourth-order valence-electron chi connectivity index (χ4n) is 1.37. The molecule has 3 heteroatoms. The van der Waals surface area contributed by atoms with Crippen LogP contribution in [0.2, 0.25) is 0 Å². The lowest BCUT2D eigenvalue weighted by molar-refractivity contribution is 0.196. The van der Waals surface area contributed by atoms with Gasteiger partial charge < -0.3 is 5.11 Å². The fraction of sp³-hybridized carbons (Fsp3) is 0.462. The van der Waals surface area contributed by atoms with E-state index in [1.165, 1.54) is 0 Å². The molecule has 0 aliphatic heterocycles. The molecule has 0 fully saturated rings. The third-order valence-corrected chi connectivity index (χ3v) is 3.19. The van der Waals surface area contributed by atoms with Crippen LogP contribution in [0.3, 0.4) is 0 Å². The maximum atomic E-state index is 9.67. The Balaban J connectivity index is 3.17. The van der Waals surface area contributed by atoms with Gasteiger partial charge in [0.1, 0.15) is 0 Å². The van der Waals surface area contributed by atoms with Crippen LogP contribution in [-0.4, -0.2) is 9.85 Å². The first kappa shape index (κ1) is 13.1. The maximum absolute atomic E-state index is 9.67. The van der Waals surface area contributed by atoms with Gasteiger partial charge in [-0.05, 0) is 24.6 Å². The van der Waals surface area contributed by atoms with Crippen molar-refractivity contribution < 1.29 is 5.11 Å². The quantitative estimate of drug-likeness (QED) is 0.798. The van der Waals surface area contributed by atoms with E-state index in [-0.39, 0.29) is 4.75 Å². The number of hydrogen-bond acceptors (Lipinski definition) is 3. The lowest BCUT2D eigenvalue weighted by Gasteiger charge is -2.21. The van der Waals surface area contributed by atoms with Gasteiger partial charge in [-0.25, -0.2) is 0 Å². The molecule has 0 aliphatic carbocycles. The molecule has 0 amide bonds. The summed E-state index contributed by atoms with van der Waals surface area (Å²) in [6.45, 7) is 8.09. The normalized spacial score (nSPS) is 13.2. The van der Waals surface area contributed by atoms with Crippen molar-refractivity contribution in [3.63, 3.8) is 0 Å². The highest BCUT2D eigenvalue weighted by Crippen LogP contribution is 2.36. The number of hydrogen-bond donors (Lipinski definition) is 1. The molecule has 0 saturated heterocycles. The van der Waals surface area contributed by atoms with Gasteiger partial charge in [0.2, 0.25) is 0 Å². The summed E-state index contributed by atoms with van der Waals surface area (Å²) in [6, 6.07) is 7.54. The number of benzene rings is 1. The second-order valence-electron chi connectivity index (χ2n) is 4.75. The van der Waals surface area contributed by atoms with Gasteiger partial charge in [0.25, 0.3) is 0 Å². The second kappa shape index (κ2) is 4.90. The van der Waals surface area contributed by atoms with Gasteiger partial charge in [0.15, 0.2) is 0 Å². The molecule has 1 aromatic rings. The Morgan fingerprint density at radius 3 is 2.44 bits per heavy atom. The van der Waals surface area contributed by atoms with E-state index in [1.807, 2.05) is 12.1 Å². The summed E-state index contributed by atoms with van der Waals surface area (Å²) in [5, 5.41) is 18.5. The van der Waals surface area contributed by atoms with Crippen molar-refractivity contribution in [2.24, 2.45) is 0 Å². The van der Waals surface area contributed by atoms with E-state index in [0.717, 1.165) is 10.5 Å². The molecular weight excluding hydrogens is 218 g/mol. The van der Waals surface area contributed by atoms with Crippen molar-refractivity contribution in [3.8, 4) is 6.07 Å². The first-order valence-electron chi connectivity index (χ1n) is 5.24. The predicted octanol–water partition coefficient (Wildman–Crippen LogP) is 3.50. The lowest BCUT2D eigenvalue weighted by Crippen LogP contribution is -2.08. The van der Waals surface area contributed by atoms with E-state index in [1.54, 1.807) is 24.8 Å². The average molecular weight is 235 g/mol. The lowest BCUT2D eigenvalue weighted by atomic mass is 10.1. The van der Waals surface area contributed by atoms with Crippen LogP contribution < -0.4 is 0 Å². The van der Waals surface area contributed by atoms with Crippen molar-refractivity contribution in [1.82, 2.24) is 0 Å². The van der Waals surface area contributed by atoms with Crippen molar-refractivity contribution in [3.05, 3.63) is 29.3 Å². The molecule has 0 bridgehead atoms. The van der Waals surface area contributed by atoms with Crippen LogP contribution in [0.4, 0.5) is 0 Å². The minimum atomic E-state index is -0.502. The third-order valence-electron chi connectivity index (χ3n) is 2.01. The third kappa shape index (κ3) is 3.55. The summed E-state index contributed by atoms with van der Waals surface area (Å²) in [5.74, 6) is 0. The summed E-state index contributed by atoms with van der Waals surface area (Å²) in [5.41, 5.74) is 1.52. The second-order valence-corrected chi connectivity index (χ2v) is 6.62. The van der Waals surface area contributed by atoms with Crippen LogP contribution in [0.1, 0.15) is 44.9 Å². The van der Waals surface area contributed by atoms with Crippen molar-refractivity contribution >= 4 is 11.8 Å². The Morgan fingerprint density at radius 2 is 2.00 bits per heavy atom. The number of aliphatic hydroxyl groups is 1. The Hall–Kier alpha value is -0.980. The van der Waals surface area contributed by atoms with E-state index in [9.17, 15) is 5.11 Å². The molecule has 0 spiro atoms. The minimum Gasteiger partial charge on any atom is -0.389 e. The fourth-order valence-corrected chi connectivity index (χ4v) is 2.57. The van der Waals surface area contributed by atoms with E-state index in [0.29, 0.717) is 5.56 Å². The Morgan fingerprint density at radius 1 is 1.38 bits per heavy atom. The summed E-state index contributed by atoms with van der Waals surface area (Å²) < 4.78 is 0.0672. The molecule has 1 N–H and O–H groups in total. The molecule has 1 unspecified atom stereocenters. The first-order valence-corrected chi connectivity index (χ1v) is 6.06. The van der Waals surface area contributed by atoms with Crippen LogP contribution >= 0.6 is 11.8 Å². The highest BCUT2D eigenvalue weighted by molar-refractivity contribution is 8.00. The van der Waals surface area contributed by atoms with Gasteiger partial charge in [-0.3, -0.25) is 0 Å². The number of rotatable bonds is 2. The first-order chi connectivity index (χ1) is 7.33. The number of nitrogens with zero attached hydrogens (tertiary/aromatic N) is 1. The number of thioether (sulfide) groups is 1.